The van der Waals surface area contributed by atoms with Crippen molar-refractivity contribution in [2.45, 2.75) is 26.7 Å². The number of carbonyl (C=O) groups is 2. The largest absolute Gasteiger partial charge is 0.494 e. The molecule has 1 amide bonds. The molecule has 0 aromatic heterocycles. The third kappa shape index (κ3) is 8.47. The number of hydrogen-bond acceptors (Lipinski definition) is 7. The van der Waals surface area contributed by atoms with Gasteiger partial charge in [0, 0.05) is 0 Å². The van der Waals surface area contributed by atoms with Gasteiger partial charge in [-0.2, -0.15) is 5.10 Å². The first-order valence-electron chi connectivity index (χ1n) is 11.8. The van der Waals surface area contributed by atoms with Gasteiger partial charge >= 0.3 is 5.97 Å². The van der Waals surface area contributed by atoms with E-state index in [1.807, 2.05) is 13.0 Å². The second-order valence-electron chi connectivity index (χ2n) is 7.65. The van der Waals surface area contributed by atoms with Crippen LogP contribution in [0.4, 0.5) is 0 Å². The number of unbranched alkanes of at least 4 members (excludes halogenated alkanes) is 1. The molecule has 0 saturated carbocycles. The molecule has 0 atom stereocenters. The molecule has 0 saturated heterocycles. The first-order chi connectivity index (χ1) is 17.6. The number of rotatable bonds is 13. The molecule has 0 heterocycles. The van der Waals surface area contributed by atoms with Gasteiger partial charge < -0.3 is 18.9 Å². The molecule has 0 bridgehead atoms. The molecule has 8 nitrogen and oxygen atoms in total. The van der Waals surface area contributed by atoms with E-state index in [1.54, 1.807) is 66.7 Å². The highest BCUT2D eigenvalue weighted by atomic mass is 16.6. The molecule has 0 unspecified atom stereocenters. The summed E-state index contributed by atoms with van der Waals surface area (Å²) in [5.74, 6) is 1.11. The van der Waals surface area contributed by atoms with Crippen LogP contribution in [0.1, 0.15) is 42.6 Å². The minimum Gasteiger partial charge on any atom is -0.494 e. The van der Waals surface area contributed by atoms with E-state index in [2.05, 4.69) is 17.5 Å². The van der Waals surface area contributed by atoms with E-state index in [-0.39, 0.29) is 6.61 Å². The SMILES string of the molecule is CCCCOc1ccc(OCC(=O)N/N=C\c2ccc(OC(=O)c3ccccc3)c(OCC)c2)cc1. The Morgan fingerprint density at radius 1 is 0.861 bits per heavy atom. The predicted molar refractivity (Wildman–Crippen MR) is 137 cm³/mol. The fraction of sp³-hybridized carbons (Fsp3) is 0.250. The number of carbonyl (C=O) groups excluding carboxylic acids is 2. The normalized spacial score (nSPS) is 10.6. The minimum absolute atomic E-state index is 0.189. The summed E-state index contributed by atoms with van der Waals surface area (Å²) in [6, 6.07) is 20.8. The Kier molecular flexibility index (Phi) is 10.3. The molecule has 188 valence electrons. The number of hydrogen-bond donors (Lipinski definition) is 1. The lowest BCUT2D eigenvalue weighted by atomic mass is 10.2. The van der Waals surface area contributed by atoms with Crippen LogP contribution in [0.25, 0.3) is 0 Å². The van der Waals surface area contributed by atoms with Crippen LogP contribution < -0.4 is 24.4 Å². The third-order valence-corrected chi connectivity index (χ3v) is 4.84. The highest BCUT2D eigenvalue weighted by Crippen LogP contribution is 2.29. The zero-order valence-electron chi connectivity index (χ0n) is 20.4. The lowest BCUT2D eigenvalue weighted by molar-refractivity contribution is -0.123. The first kappa shape index (κ1) is 26.3. The fourth-order valence-electron chi connectivity index (χ4n) is 3.02. The summed E-state index contributed by atoms with van der Waals surface area (Å²) in [7, 11) is 0. The van der Waals surface area contributed by atoms with Crippen molar-refractivity contribution in [2.75, 3.05) is 19.8 Å². The van der Waals surface area contributed by atoms with Crippen molar-refractivity contribution in [3.63, 3.8) is 0 Å². The molecule has 0 aliphatic rings. The minimum atomic E-state index is -0.483. The van der Waals surface area contributed by atoms with Crippen LogP contribution >= 0.6 is 0 Å². The van der Waals surface area contributed by atoms with Gasteiger partial charge in [0.1, 0.15) is 11.5 Å². The number of benzene rings is 3. The number of ether oxygens (including phenoxy) is 4. The summed E-state index contributed by atoms with van der Waals surface area (Å²) < 4.78 is 22.2. The van der Waals surface area contributed by atoms with Crippen molar-refractivity contribution in [1.82, 2.24) is 5.43 Å². The topological polar surface area (TPSA) is 95.5 Å². The maximum atomic E-state index is 12.4. The second kappa shape index (κ2) is 14.2. The lowest BCUT2D eigenvalue weighted by Crippen LogP contribution is -2.24. The fourth-order valence-corrected chi connectivity index (χ4v) is 3.02. The van der Waals surface area contributed by atoms with Gasteiger partial charge in [0.05, 0.1) is 25.0 Å². The van der Waals surface area contributed by atoms with Gasteiger partial charge in [-0.3, -0.25) is 4.79 Å². The summed E-state index contributed by atoms with van der Waals surface area (Å²) in [6.45, 7) is 4.81. The standard InChI is InChI=1S/C28H30N2O6/c1-3-5-17-34-23-12-14-24(15-13-23)35-20-27(31)30-29-19-21-11-16-25(26(18-21)33-4-2)36-28(32)22-9-7-6-8-10-22/h6-16,18-19H,3-5,17,20H2,1-2H3,(H,30,31)/b29-19-. The molecule has 1 N–H and O–H groups in total. The Morgan fingerprint density at radius 3 is 2.28 bits per heavy atom. The van der Waals surface area contributed by atoms with Crippen LogP contribution in [0.3, 0.4) is 0 Å². The summed E-state index contributed by atoms with van der Waals surface area (Å²) in [4.78, 5) is 24.4. The Bertz CT molecular complexity index is 1150. The van der Waals surface area contributed by atoms with Crippen LogP contribution in [0.2, 0.25) is 0 Å². The van der Waals surface area contributed by atoms with Gasteiger partial charge in [0.15, 0.2) is 18.1 Å². The van der Waals surface area contributed by atoms with E-state index < -0.39 is 11.9 Å². The maximum absolute atomic E-state index is 12.4. The molecule has 0 radical (unpaired) electrons. The van der Waals surface area contributed by atoms with Crippen molar-refractivity contribution < 1.29 is 28.5 Å². The first-order valence-corrected chi connectivity index (χ1v) is 11.8. The quantitative estimate of drug-likeness (QED) is 0.119. The van der Waals surface area contributed by atoms with E-state index >= 15 is 0 Å². The highest BCUT2D eigenvalue weighted by Gasteiger charge is 2.13. The Hall–Kier alpha value is -4.33. The Balaban J connectivity index is 1.50. The monoisotopic (exact) mass is 490 g/mol. The summed E-state index contributed by atoms with van der Waals surface area (Å²) in [6.07, 6.45) is 3.53. The van der Waals surface area contributed by atoms with Crippen molar-refractivity contribution in [3.05, 3.63) is 83.9 Å². The van der Waals surface area contributed by atoms with Crippen molar-refractivity contribution in [3.8, 4) is 23.0 Å². The smallest absolute Gasteiger partial charge is 0.343 e. The Morgan fingerprint density at radius 2 is 1.58 bits per heavy atom. The molecule has 3 aromatic rings. The number of nitrogens with zero attached hydrogens (tertiary/aromatic N) is 1. The molecule has 0 aliphatic carbocycles. The van der Waals surface area contributed by atoms with Crippen LogP contribution in [0.5, 0.6) is 23.0 Å². The van der Waals surface area contributed by atoms with Gasteiger partial charge in [-0.05, 0) is 73.5 Å². The summed E-state index contributed by atoms with van der Waals surface area (Å²) >= 11 is 0. The Labute approximate surface area is 210 Å². The van der Waals surface area contributed by atoms with Crippen molar-refractivity contribution in [2.24, 2.45) is 5.10 Å². The average molecular weight is 491 g/mol. The van der Waals surface area contributed by atoms with Gasteiger partial charge in [0.2, 0.25) is 0 Å². The van der Waals surface area contributed by atoms with Crippen LogP contribution in [0.15, 0.2) is 77.9 Å². The molecule has 0 fully saturated rings. The third-order valence-electron chi connectivity index (χ3n) is 4.84. The molecular weight excluding hydrogens is 460 g/mol. The molecular formula is C28H30N2O6. The van der Waals surface area contributed by atoms with E-state index in [0.717, 1.165) is 18.6 Å². The van der Waals surface area contributed by atoms with Crippen LogP contribution in [0, 0.1) is 0 Å². The van der Waals surface area contributed by atoms with Crippen molar-refractivity contribution in [1.29, 1.82) is 0 Å². The maximum Gasteiger partial charge on any atom is 0.343 e. The van der Waals surface area contributed by atoms with Gasteiger partial charge in [-0.1, -0.05) is 31.5 Å². The molecule has 8 heteroatoms. The summed E-state index contributed by atoms with van der Waals surface area (Å²) in [5.41, 5.74) is 3.51. The zero-order chi connectivity index (χ0) is 25.6. The number of amides is 1. The number of nitrogens with one attached hydrogen (secondary N) is 1. The number of hydrazone groups is 1. The van der Waals surface area contributed by atoms with Crippen LogP contribution in [-0.4, -0.2) is 37.9 Å². The van der Waals surface area contributed by atoms with E-state index in [4.69, 9.17) is 18.9 Å². The average Bonchev–Trinajstić information content (AvgIpc) is 2.90. The van der Waals surface area contributed by atoms with Gasteiger partial charge in [-0.25, -0.2) is 10.2 Å². The highest BCUT2D eigenvalue weighted by molar-refractivity contribution is 5.91. The lowest BCUT2D eigenvalue weighted by Gasteiger charge is -2.11. The molecule has 0 spiro atoms. The van der Waals surface area contributed by atoms with Gasteiger partial charge in [0.25, 0.3) is 5.91 Å². The van der Waals surface area contributed by atoms with E-state index in [0.29, 0.717) is 41.6 Å². The van der Waals surface area contributed by atoms with E-state index in [9.17, 15) is 9.59 Å². The van der Waals surface area contributed by atoms with Crippen molar-refractivity contribution >= 4 is 18.1 Å². The molecule has 36 heavy (non-hydrogen) atoms. The molecule has 0 aliphatic heterocycles. The van der Waals surface area contributed by atoms with Gasteiger partial charge in [-0.15, -0.1) is 0 Å². The second-order valence-corrected chi connectivity index (χ2v) is 7.65. The van der Waals surface area contributed by atoms with Crippen LogP contribution in [-0.2, 0) is 4.79 Å². The molecule has 3 aromatic carbocycles. The van der Waals surface area contributed by atoms with E-state index in [1.165, 1.54) is 6.21 Å². The molecule has 3 rings (SSSR count). The predicted octanol–water partition coefficient (Wildman–Crippen LogP) is 5.01. The zero-order valence-corrected chi connectivity index (χ0v) is 20.4. The summed E-state index contributed by atoms with van der Waals surface area (Å²) in [5, 5.41) is 3.96. The number of esters is 1.